The molecule has 40 heavy (non-hydrogen) atoms. The van der Waals surface area contributed by atoms with E-state index in [0.717, 1.165) is 36.3 Å². The Balaban J connectivity index is 1.55. The minimum Gasteiger partial charge on any atom is -0.494 e. The molecule has 2 heterocycles. The topological polar surface area (TPSA) is 86.2 Å². The Morgan fingerprint density at radius 3 is 2.40 bits per heavy atom. The number of benzene rings is 1. The second-order valence-corrected chi connectivity index (χ2v) is 10.5. The number of aromatic nitrogens is 1. The van der Waals surface area contributed by atoms with E-state index in [2.05, 4.69) is 9.88 Å². The van der Waals surface area contributed by atoms with Crippen molar-refractivity contribution in [3.63, 3.8) is 0 Å². The molecule has 0 radical (unpaired) electrons. The number of aliphatic hydroxyl groups is 1. The number of carbonyl (C=O) groups excluding carboxylic acids is 2. The minimum atomic E-state index is -5.22. The minimum absolute atomic E-state index is 0.0706. The van der Waals surface area contributed by atoms with Crippen LogP contribution in [-0.2, 0) is 10.4 Å². The van der Waals surface area contributed by atoms with Crippen molar-refractivity contribution in [1.29, 1.82) is 0 Å². The van der Waals surface area contributed by atoms with Crippen LogP contribution < -0.4 is 9.64 Å². The van der Waals surface area contributed by atoms with E-state index in [1.165, 1.54) is 24.1 Å². The van der Waals surface area contributed by atoms with Gasteiger partial charge in [0.05, 0.1) is 12.2 Å². The lowest BCUT2D eigenvalue weighted by molar-refractivity contribution is -0.261. The van der Waals surface area contributed by atoms with Crippen LogP contribution in [0, 0.1) is 5.92 Å². The van der Waals surface area contributed by atoms with Crippen molar-refractivity contribution in [1.82, 2.24) is 14.8 Å². The van der Waals surface area contributed by atoms with Crippen LogP contribution in [0.1, 0.15) is 48.5 Å². The standard InChI is InChI=1S/C28H36ClF3N4O4/c1-5-40-21-10-6-9-20(18-21)27(39,28(30,31)32)26(38)35(4)15-7-8-19-13-16-36(17-14-19)23-12-11-22(24(29)33-23)25(37)34(2)3/h6,9-12,18-19,39H,5,7-8,13-17H2,1-4H3. The van der Waals surface area contributed by atoms with Gasteiger partial charge >= 0.3 is 6.18 Å². The lowest BCUT2D eigenvalue weighted by atomic mass is 9.90. The van der Waals surface area contributed by atoms with Gasteiger partial charge in [-0.15, -0.1) is 0 Å². The number of nitrogens with zero attached hydrogens (tertiary/aromatic N) is 4. The quantitative estimate of drug-likeness (QED) is 0.406. The average Bonchev–Trinajstić information content (AvgIpc) is 2.91. The van der Waals surface area contributed by atoms with Crippen molar-refractivity contribution in [2.75, 3.05) is 52.3 Å². The van der Waals surface area contributed by atoms with E-state index in [0.29, 0.717) is 36.8 Å². The van der Waals surface area contributed by atoms with Crippen LogP contribution in [0.3, 0.4) is 0 Å². The maximum atomic E-state index is 14.1. The van der Waals surface area contributed by atoms with E-state index >= 15 is 0 Å². The number of pyridine rings is 1. The molecule has 1 aliphatic heterocycles. The molecule has 0 bridgehead atoms. The highest BCUT2D eigenvalue weighted by Crippen LogP contribution is 2.41. The van der Waals surface area contributed by atoms with Crippen molar-refractivity contribution < 1.29 is 32.6 Å². The SMILES string of the molecule is CCOc1cccc(C(O)(C(=O)N(C)CCCC2CCN(c3ccc(C(=O)N(C)C)c(Cl)n3)CC2)C(F)(F)F)c1. The molecule has 1 fully saturated rings. The Hall–Kier alpha value is -3.05. The van der Waals surface area contributed by atoms with Crippen molar-refractivity contribution >= 4 is 29.2 Å². The maximum Gasteiger partial charge on any atom is 0.430 e. The molecule has 1 N–H and O–H groups in total. The normalized spacial score (nSPS) is 15.9. The smallest absolute Gasteiger partial charge is 0.430 e. The summed E-state index contributed by atoms with van der Waals surface area (Å²) in [5, 5.41) is 10.9. The number of carbonyl (C=O) groups is 2. The van der Waals surface area contributed by atoms with Gasteiger partial charge in [-0.2, -0.15) is 13.2 Å². The van der Waals surface area contributed by atoms with E-state index in [9.17, 15) is 27.9 Å². The third-order valence-corrected chi connectivity index (χ3v) is 7.43. The van der Waals surface area contributed by atoms with E-state index in [1.807, 2.05) is 0 Å². The fourth-order valence-electron chi connectivity index (χ4n) is 4.83. The zero-order valence-electron chi connectivity index (χ0n) is 23.2. The van der Waals surface area contributed by atoms with Crippen LogP contribution in [0.2, 0.25) is 5.15 Å². The fraction of sp³-hybridized carbons (Fsp3) is 0.536. The molecule has 1 aromatic carbocycles. The molecule has 220 valence electrons. The highest BCUT2D eigenvalue weighted by molar-refractivity contribution is 6.32. The molecular weight excluding hydrogens is 549 g/mol. The molecule has 8 nitrogen and oxygen atoms in total. The first-order valence-corrected chi connectivity index (χ1v) is 13.6. The molecule has 0 aliphatic carbocycles. The largest absolute Gasteiger partial charge is 0.494 e. The number of amides is 2. The Kier molecular flexibility index (Phi) is 10.3. The Labute approximate surface area is 237 Å². The number of alkyl halides is 3. The van der Waals surface area contributed by atoms with E-state index in [-0.39, 0.29) is 30.0 Å². The number of hydrogen-bond donors (Lipinski definition) is 1. The number of likely N-dealkylation sites (N-methyl/N-ethyl adjacent to an activating group) is 1. The molecule has 0 saturated carbocycles. The number of rotatable bonds is 10. The highest BCUT2D eigenvalue weighted by Gasteiger charge is 2.61. The number of halogens is 4. The van der Waals surface area contributed by atoms with Crippen LogP contribution >= 0.6 is 11.6 Å². The summed E-state index contributed by atoms with van der Waals surface area (Å²) in [7, 11) is 4.56. The monoisotopic (exact) mass is 584 g/mol. The third-order valence-electron chi connectivity index (χ3n) is 7.14. The van der Waals surface area contributed by atoms with Crippen LogP contribution in [0.4, 0.5) is 19.0 Å². The Morgan fingerprint density at radius 1 is 1.15 bits per heavy atom. The maximum absolute atomic E-state index is 14.1. The molecule has 12 heteroatoms. The van der Waals surface area contributed by atoms with Crippen LogP contribution in [0.5, 0.6) is 5.75 Å². The Morgan fingerprint density at radius 2 is 1.82 bits per heavy atom. The molecule has 1 aromatic heterocycles. The summed E-state index contributed by atoms with van der Waals surface area (Å²) in [5.74, 6) is -0.500. The average molecular weight is 585 g/mol. The lowest BCUT2D eigenvalue weighted by Gasteiger charge is -2.34. The molecule has 2 aromatic rings. The van der Waals surface area contributed by atoms with Gasteiger partial charge in [0.15, 0.2) is 0 Å². The van der Waals surface area contributed by atoms with Crippen LogP contribution in [0.25, 0.3) is 0 Å². The predicted octanol–water partition coefficient (Wildman–Crippen LogP) is 4.74. The van der Waals surface area contributed by atoms with Gasteiger partial charge in [0.25, 0.3) is 17.4 Å². The Bertz CT molecular complexity index is 1190. The second kappa shape index (κ2) is 13.1. The van der Waals surface area contributed by atoms with Crippen molar-refractivity contribution in [3.05, 3.63) is 52.7 Å². The number of hydrogen-bond acceptors (Lipinski definition) is 6. The van der Waals surface area contributed by atoms with Gasteiger partial charge < -0.3 is 24.5 Å². The summed E-state index contributed by atoms with van der Waals surface area (Å²) >= 11 is 6.25. The molecule has 3 rings (SSSR count). The number of ether oxygens (including phenoxy) is 1. The van der Waals surface area contributed by atoms with Crippen LogP contribution in [-0.4, -0.2) is 85.3 Å². The molecule has 1 atom stereocenters. The second-order valence-electron chi connectivity index (χ2n) is 10.2. The molecule has 2 amide bonds. The zero-order chi connectivity index (χ0) is 29.7. The summed E-state index contributed by atoms with van der Waals surface area (Å²) in [4.78, 5) is 34.0. The van der Waals surface area contributed by atoms with E-state index in [4.69, 9.17) is 16.3 Å². The van der Waals surface area contributed by atoms with Gasteiger partial charge in [-0.25, -0.2) is 4.98 Å². The van der Waals surface area contributed by atoms with Gasteiger partial charge in [-0.05, 0) is 62.8 Å². The van der Waals surface area contributed by atoms with Crippen LogP contribution in [0.15, 0.2) is 36.4 Å². The van der Waals surface area contributed by atoms with Gasteiger partial charge in [0, 0.05) is 46.3 Å². The molecule has 0 spiro atoms. The molecule has 1 aliphatic rings. The first-order valence-electron chi connectivity index (χ1n) is 13.2. The van der Waals surface area contributed by atoms with Gasteiger partial charge in [-0.3, -0.25) is 9.59 Å². The van der Waals surface area contributed by atoms with Gasteiger partial charge in [-0.1, -0.05) is 23.7 Å². The van der Waals surface area contributed by atoms with Crippen molar-refractivity contribution in [3.8, 4) is 5.75 Å². The van der Waals surface area contributed by atoms with Crippen molar-refractivity contribution in [2.45, 2.75) is 44.4 Å². The number of anilines is 1. The molecule has 1 saturated heterocycles. The fourth-order valence-corrected chi connectivity index (χ4v) is 5.06. The van der Waals surface area contributed by atoms with Gasteiger partial charge in [0.2, 0.25) is 0 Å². The number of piperidine rings is 1. The summed E-state index contributed by atoms with van der Waals surface area (Å²) < 4.78 is 47.4. The lowest BCUT2D eigenvalue weighted by Crippen LogP contribution is -2.55. The molecule has 1 unspecified atom stereocenters. The first-order chi connectivity index (χ1) is 18.8. The molecular formula is C28H36ClF3N4O4. The summed E-state index contributed by atoms with van der Waals surface area (Å²) in [6, 6.07) is 8.35. The first kappa shape index (κ1) is 31.5. The summed E-state index contributed by atoms with van der Waals surface area (Å²) in [6.07, 6.45) is -2.32. The summed E-state index contributed by atoms with van der Waals surface area (Å²) in [6.45, 7) is 3.42. The highest BCUT2D eigenvalue weighted by atomic mass is 35.5. The van der Waals surface area contributed by atoms with E-state index in [1.54, 1.807) is 33.2 Å². The zero-order valence-corrected chi connectivity index (χ0v) is 23.9. The summed E-state index contributed by atoms with van der Waals surface area (Å²) in [5.41, 5.74) is -3.92. The van der Waals surface area contributed by atoms with Crippen molar-refractivity contribution in [2.24, 2.45) is 5.92 Å². The predicted molar refractivity (Wildman–Crippen MR) is 147 cm³/mol. The van der Waals surface area contributed by atoms with Gasteiger partial charge in [0.1, 0.15) is 16.7 Å². The third kappa shape index (κ3) is 6.98. The van der Waals surface area contributed by atoms with E-state index < -0.39 is 23.2 Å².